The van der Waals surface area contributed by atoms with Gasteiger partial charge in [0.15, 0.2) is 11.5 Å². The zero-order valence-electron chi connectivity index (χ0n) is 14.3. The number of hydrogen-bond donors (Lipinski definition) is 1. The van der Waals surface area contributed by atoms with Crippen molar-refractivity contribution < 1.29 is 14.3 Å². The zero-order valence-corrected chi connectivity index (χ0v) is 15.2. The highest BCUT2D eigenvalue weighted by Crippen LogP contribution is 2.32. The van der Waals surface area contributed by atoms with E-state index < -0.39 is 0 Å². The molecule has 0 bridgehead atoms. The summed E-state index contributed by atoms with van der Waals surface area (Å²) >= 11 is 1.48. The molecule has 0 fully saturated rings. The van der Waals surface area contributed by atoms with Gasteiger partial charge in [-0.2, -0.15) is 0 Å². The van der Waals surface area contributed by atoms with Gasteiger partial charge in [0.1, 0.15) is 5.00 Å². The fourth-order valence-corrected chi connectivity index (χ4v) is 4.09. The predicted molar refractivity (Wildman–Crippen MR) is 105 cm³/mol. The summed E-state index contributed by atoms with van der Waals surface area (Å²) in [4.78, 5) is 13.2. The van der Waals surface area contributed by atoms with Gasteiger partial charge in [0.2, 0.25) is 6.79 Å². The number of carbonyl (C=O) groups is 1. The van der Waals surface area contributed by atoms with Crippen LogP contribution in [0.25, 0.3) is 15.9 Å². The van der Waals surface area contributed by atoms with Crippen LogP contribution in [0.5, 0.6) is 11.5 Å². The number of nitrogens with zero attached hydrogens (tertiary/aromatic N) is 1. The molecule has 134 valence electrons. The molecule has 1 aliphatic heterocycles. The van der Waals surface area contributed by atoms with Crippen LogP contribution in [0.3, 0.4) is 0 Å². The van der Waals surface area contributed by atoms with Crippen molar-refractivity contribution in [2.24, 2.45) is 0 Å². The molecule has 2 aromatic carbocycles. The molecule has 6 heteroatoms. The van der Waals surface area contributed by atoms with Gasteiger partial charge in [-0.25, -0.2) is 0 Å². The van der Waals surface area contributed by atoms with Gasteiger partial charge < -0.3 is 19.4 Å². The molecule has 0 saturated heterocycles. The van der Waals surface area contributed by atoms with Crippen LogP contribution in [-0.4, -0.2) is 17.3 Å². The van der Waals surface area contributed by atoms with Crippen molar-refractivity contribution in [2.75, 3.05) is 6.79 Å². The summed E-state index contributed by atoms with van der Waals surface area (Å²) in [6.07, 6.45) is 2.03. The molecule has 5 rings (SSSR count). The van der Waals surface area contributed by atoms with Gasteiger partial charge in [0.05, 0.1) is 10.4 Å². The first-order chi connectivity index (χ1) is 13.3. The van der Waals surface area contributed by atoms with E-state index in [0.29, 0.717) is 11.4 Å². The standard InChI is InChI=1S/C21H16N2O3S/c24-21(22-12-14-5-6-17-18(11-14)26-13-25-17)19-7-8-20(27-19)23-10-9-15-3-1-2-4-16(15)23/h1-11H,12-13H2,(H,22,24). The maximum absolute atomic E-state index is 12.5. The third kappa shape index (κ3) is 2.94. The number of benzene rings is 2. The smallest absolute Gasteiger partial charge is 0.261 e. The molecule has 2 aromatic heterocycles. The van der Waals surface area contributed by atoms with Gasteiger partial charge >= 0.3 is 0 Å². The highest BCUT2D eigenvalue weighted by molar-refractivity contribution is 7.16. The number of fused-ring (bicyclic) bond motifs is 2. The quantitative estimate of drug-likeness (QED) is 0.576. The van der Waals surface area contributed by atoms with E-state index in [2.05, 4.69) is 28.1 Å². The molecule has 5 nitrogen and oxygen atoms in total. The maximum Gasteiger partial charge on any atom is 0.261 e. The van der Waals surface area contributed by atoms with Crippen LogP contribution in [-0.2, 0) is 6.54 Å². The summed E-state index contributed by atoms with van der Waals surface area (Å²) in [5.41, 5.74) is 2.10. The molecular formula is C21H16N2O3S. The summed E-state index contributed by atoms with van der Waals surface area (Å²) < 4.78 is 12.8. The van der Waals surface area contributed by atoms with Crippen LogP contribution < -0.4 is 14.8 Å². The molecule has 3 heterocycles. The van der Waals surface area contributed by atoms with E-state index in [4.69, 9.17) is 9.47 Å². The zero-order chi connectivity index (χ0) is 18.2. The third-order valence-corrected chi connectivity index (χ3v) is 5.63. The Morgan fingerprint density at radius 1 is 1.04 bits per heavy atom. The van der Waals surface area contributed by atoms with Crippen LogP contribution in [0.2, 0.25) is 0 Å². The number of amides is 1. The fourth-order valence-electron chi connectivity index (χ4n) is 3.17. The van der Waals surface area contributed by atoms with Gasteiger partial charge in [-0.1, -0.05) is 24.3 Å². The summed E-state index contributed by atoms with van der Waals surface area (Å²) in [6, 6.07) is 19.8. The van der Waals surface area contributed by atoms with Crippen molar-refractivity contribution >= 4 is 28.1 Å². The average molecular weight is 376 g/mol. The first-order valence-electron chi connectivity index (χ1n) is 8.61. The summed E-state index contributed by atoms with van der Waals surface area (Å²) in [5.74, 6) is 1.38. The highest BCUT2D eigenvalue weighted by Gasteiger charge is 2.15. The van der Waals surface area contributed by atoms with Gasteiger partial charge in [-0.3, -0.25) is 4.79 Å². The first kappa shape index (κ1) is 16.0. The van der Waals surface area contributed by atoms with Crippen LogP contribution in [0.15, 0.2) is 66.9 Å². The van der Waals surface area contributed by atoms with Crippen molar-refractivity contribution in [3.8, 4) is 16.5 Å². The normalized spacial score (nSPS) is 12.4. The molecule has 1 aliphatic rings. The molecular weight excluding hydrogens is 360 g/mol. The molecule has 0 saturated carbocycles. The summed E-state index contributed by atoms with van der Waals surface area (Å²) in [7, 11) is 0. The van der Waals surface area contributed by atoms with Crippen molar-refractivity contribution in [1.29, 1.82) is 0 Å². The van der Waals surface area contributed by atoms with E-state index in [1.165, 1.54) is 16.7 Å². The largest absolute Gasteiger partial charge is 0.454 e. The van der Waals surface area contributed by atoms with Gasteiger partial charge in [0, 0.05) is 12.7 Å². The number of nitrogens with one attached hydrogen (secondary N) is 1. The van der Waals surface area contributed by atoms with Crippen molar-refractivity contribution in [1.82, 2.24) is 9.88 Å². The second kappa shape index (κ2) is 6.48. The van der Waals surface area contributed by atoms with E-state index in [-0.39, 0.29) is 12.7 Å². The number of para-hydroxylation sites is 1. The van der Waals surface area contributed by atoms with Crippen LogP contribution in [0.1, 0.15) is 15.2 Å². The fraction of sp³-hybridized carbons (Fsp3) is 0.0952. The number of rotatable bonds is 4. The second-order valence-electron chi connectivity index (χ2n) is 6.25. The van der Waals surface area contributed by atoms with Crippen LogP contribution in [0, 0.1) is 0 Å². The number of thiophene rings is 1. The minimum Gasteiger partial charge on any atom is -0.454 e. The Balaban J connectivity index is 1.31. The molecule has 0 unspecified atom stereocenters. The predicted octanol–water partition coefficient (Wildman–Crippen LogP) is 4.35. The Bertz CT molecular complexity index is 1150. The molecule has 0 aliphatic carbocycles. The Kier molecular flexibility index (Phi) is 3.83. The van der Waals surface area contributed by atoms with E-state index in [1.807, 2.05) is 48.7 Å². The van der Waals surface area contributed by atoms with Crippen molar-refractivity contribution in [2.45, 2.75) is 6.54 Å². The van der Waals surface area contributed by atoms with Gasteiger partial charge in [-0.05, 0) is 47.3 Å². The minimum absolute atomic E-state index is 0.0830. The number of carbonyl (C=O) groups excluding carboxylic acids is 1. The molecule has 0 atom stereocenters. The van der Waals surface area contributed by atoms with Gasteiger partial charge in [-0.15, -0.1) is 11.3 Å². The SMILES string of the molecule is O=C(NCc1ccc2c(c1)OCO2)c1ccc(-n2ccc3ccccc32)s1. The number of hydrogen-bond acceptors (Lipinski definition) is 4. The van der Waals surface area contributed by atoms with Crippen molar-refractivity contribution in [3.05, 3.63) is 77.3 Å². The number of ether oxygens (including phenoxy) is 2. The topological polar surface area (TPSA) is 52.5 Å². The summed E-state index contributed by atoms with van der Waals surface area (Å²) in [6.45, 7) is 0.687. The monoisotopic (exact) mass is 376 g/mol. The Hall–Kier alpha value is -3.25. The first-order valence-corrected chi connectivity index (χ1v) is 9.43. The molecule has 4 aromatic rings. The van der Waals surface area contributed by atoms with Crippen molar-refractivity contribution in [3.63, 3.8) is 0 Å². The third-order valence-electron chi connectivity index (χ3n) is 4.54. The summed E-state index contributed by atoms with van der Waals surface area (Å²) in [5, 5.41) is 5.17. The highest BCUT2D eigenvalue weighted by atomic mass is 32.1. The lowest BCUT2D eigenvalue weighted by Crippen LogP contribution is -2.21. The van der Waals surface area contributed by atoms with Gasteiger partial charge in [0.25, 0.3) is 5.91 Å². The van der Waals surface area contributed by atoms with E-state index in [0.717, 1.165) is 27.6 Å². The van der Waals surface area contributed by atoms with E-state index >= 15 is 0 Å². The maximum atomic E-state index is 12.5. The molecule has 27 heavy (non-hydrogen) atoms. The lowest BCUT2D eigenvalue weighted by atomic mass is 10.2. The second-order valence-corrected chi connectivity index (χ2v) is 7.31. The van der Waals surface area contributed by atoms with E-state index in [1.54, 1.807) is 0 Å². The number of aromatic nitrogens is 1. The molecule has 1 N–H and O–H groups in total. The average Bonchev–Trinajstić information content (AvgIpc) is 3.43. The Labute approximate surface area is 159 Å². The van der Waals surface area contributed by atoms with E-state index in [9.17, 15) is 4.79 Å². The Morgan fingerprint density at radius 2 is 1.93 bits per heavy atom. The van der Waals surface area contributed by atoms with Crippen LogP contribution >= 0.6 is 11.3 Å². The molecule has 0 radical (unpaired) electrons. The lowest BCUT2D eigenvalue weighted by molar-refractivity contribution is 0.0955. The molecule has 0 spiro atoms. The lowest BCUT2D eigenvalue weighted by Gasteiger charge is -2.05. The van der Waals surface area contributed by atoms with Crippen LogP contribution in [0.4, 0.5) is 0 Å². The molecule has 1 amide bonds. The Morgan fingerprint density at radius 3 is 2.89 bits per heavy atom. The minimum atomic E-state index is -0.0830.